The van der Waals surface area contributed by atoms with Gasteiger partial charge in [0.15, 0.2) is 0 Å². The Hall–Kier alpha value is -2.03. The molecular formula is C15H17NO2. The fourth-order valence-corrected chi connectivity index (χ4v) is 2.18. The molecule has 0 saturated carbocycles. The average Bonchev–Trinajstić information content (AvgIpc) is 2.66. The summed E-state index contributed by atoms with van der Waals surface area (Å²) in [5.74, 6) is -0.189. The number of fused-ring (bicyclic) bond motifs is 1. The Morgan fingerprint density at radius 1 is 1.50 bits per heavy atom. The van der Waals surface area contributed by atoms with Crippen molar-refractivity contribution in [3.05, 3.63) is 41.6 Å². The van der Waals surface area contributed by atoms with Gasteiger partial charge in [-0.05, 0) is 25.0 Å². The summed E-state index contributed by atoms with van der Waals surface area (Å²) in [7, 11) is 0. The second kappa shape index (κ2) is 5.08. The minimum atomic E-state index is -0.189. The van der Waals surface area contributed by atoms with Crippen LogP contribution in [0.3, 0.4) is 0 Å². The van der Waals surface area contributed by atoms with Crippen LogP contribution in [-0.2, 0) is 16.0 Å². The highest BCUT2D eigenvalue weighted by molar-refractivity contribution is 5.93. The molecule has 1 N–H and O–H groups in total. The Labute approximate surface area is 106 Å². The standard InChI is InChI=1S/C15H17NO2/c1-4-11-7-6-8-12-13(9-14(17)18-5-2)10(3)16-15(11)12/h4,6-8,16H,1,5,9H2,2-3H3. The van der Waals surface area contributed by atoms with E-state index in [1.54, 1.807) is 0 Å². The zero-order chi connectivity index (χ0) is 13.1. The molecule has 3 heteroatoms. The van der Waals surface area contributed by atoms with Gasteiger partial charge in [-0.2, -0.15) is 0 Å². The number of nitrogens with one attached hydrogen (secondary N) is 1. The number of para-hydroxylation sites is 1. The molecule has 0 aliphatic carbocycles. The van der Waals surface area contributed by atoms with Gasteiger partial charge in [-0.15, -0.1) is 0 Å². The maximum Gasteiger partial charge on any atom is 0.310 e. The van der Waals surface area contributed by atoms with E-state index in [0.29, 0.717) is 13.0 Å². The maximum atomic E-state index is 11.6. The van der Waals surface area contributed by atoms with E-state index in [-0.39, 0.29) is 5.97 Å². The third-order valence-electron chi connectivity index (χ3n) is 3.03. The Kier molecular flexibility index (Phi) is 3.51. The average molecular weight is 243 g/mol. The quantitative estimate of drug-likeness (QED) is 0.838. The molecule has 18 heavy (non-hydrogen) atoms. The minimum absolute atomic E-state index is 0.189. The molecule has 1 aromatic heterocycles. The zero-order valence-corrected chi connectivity index (χ0v) is 10.7. The molecule has 0 radical (unpaired) electrons. The Morgan fingerprint density at radius 2 is 2.28 bits per heavy atom. The van der Waals surface area contributed by atoms with Gasteiger partial charge < -0.3 is 9.72 Å². The molecule has 94 valence electrons. The predicted octanol–water partition coefficient (Wildman–Crippen LogP) is 3.22. The van der Waals surface area contributed by atoms with Crippen LogP contribution in [0.15, 0.2) is 24.8 Å². The summed E-state index contributed by atoms with van der Waals surface area (Å²) >= 11 is 0. The monoisotopic (exact) mass is 243 g/mol. The number of hydrogen-bond acceptors (Lipinski definition) is 2. The molecule has 2 rings (SSSR count). The summed E-state index contributed by atoms with van der Waals surface area (Å²) in [6.45, 7) is 8.00. The van der Waals surface area contributed by atoms with Crippen molar-refractivity contribution in [1.29, 1.82) is 0 Å². The summed E-state index contributed by atoms with van der Waals surface area (Å²) in [5.41, 5.74) is 4.09. The number of aryl methyl sites for hydroxylation is 1. The third kappa shape index (κ3) is 2.16. The number of carbonyl (C=O) groups is 1. The van der Waals surface area contributed by atoms with Gasteiger partial charge in [-0.25, -0.2) is 0 Å². The zero-order valence-electron chi connectivity index (χ0n) is 10.7. The highest BCUT2D eigenvalue weighted by Crippen LogP contribution is 2.26. The first-order valence-corrected chi connectivity index (χ1v) is 6.05. The summed E-state index contributed by atoms with van der Waals surface area (Å²) in [6, 6.07) is 5.99. The Morgan fingerprint density at radius 3 is 2.94 bits per heavy atom. The molecule has 0 atom stereocenters. The molecule has 0 fully saturated rings. The van der Waals surface area contributed by atoms with Crippen LogP contribution in [0.1, 0.15) is 23.7 Å². The number of carbonyl (C=O) groups excluding carboxylic acids is 1. The van der Waals surface area contributed by atoms with Crippen LogP contribution in [0.5, 0.6) is 0 Å². The number of hydrogen-bond donors (Lipinski definition) is 1. The summed E-state index contributed by atoms with van der Waals surface area (Å²) in [4.78, 5) is 14.9. The van der Waals surface area contributed by atoms with E-state index in [1.807, 2.05) is 38.1 Å². The van der Waals surface area contributed by atoms with E-state index < -0.39 is 0 Å². The molecule has 0 spiro atoms. The largest absolute Gasteiger partial charge is 0.466 e. The van der Waals surface area contributed by atoms with Crippen molar-refractivity contribution < 1.29 is 9.53 Å². The lowest BCUT2D eigenvalue weighted by Gasteiger charge is -2.02. The molecule has 0 amide bonds. The summed E-state index contributed by atoms with van der Waals surface area (Å²) in [6.07, 6.45) is 2.12. The van der Waals surface area contributed by atoms with E-state index >= 15 is 0 Å². The van der Waals surface area contributed by atoms with Gasteiger partial charge in [0, 0.05) is 11.1 Å². The molecule has 0 unspecified atom stereocenters. The topological polar surface area (TPSA) is 42.1 Å². The van der Waals surface area contributed by atoms with Crippen LogP contribution < -0.4 is 0 Å². The van der Waals surface area contributed by atoms with E-state index in [9.17, 15) is 4.79 Å². The number of ether oxygens (including phenoxy) is 1. The molecule has 0 aliphatic rings. The minimum Gasteiger partial charge on any atom is -0.466 e. The van der Waals surface area contributed by atoms with Crippen molar-refractivity contribution in [2.75, 3.05) is 6.61 Å². The SMILES string of the molecule is C=Cc1cccc2c(CC(=O)OCC)c(C)[nH]c12. The van der Waals surface area contributed by atoms with Gasteiger partial charge in [0.2, 0.25) is 0 Å². The van der Waals surface area contributed by atoms with Crippen LogP contribution in [0.4, 0.5) is 0 Å². The first-order chi connectivity index (χ1) is 8.67. The lowest BCUT2D eigenvalue weighted by atomic mass is 10.1. The van der Waals surface area contributed by atoms with Gasteiger partial charge >= 0.3 is 5.97 Å². The molecule has 0 aliphatic heterocycles. The highest BCUT2D eigenvalue weighted by atomic mass is 16.5. The molecule has 0 saturated heterocycles. The van der Waals surface area contributed by atoms with E-state index in [2.05, 4.69) is 11.6 Å². The van der Waals surface area contributed by atoms with Gasteiger partial charge in [0.05, 0.1) is 18.5 Å². The van der Waals surface area contributed by atoms with Crippen LogP contribution in [0.25, 0.3) is 17.0 Å². The lowest BCUT2D eigenvalue weighted by molar-refractivity contribution is -0.142. The summed E-state index contributed by atoms with van der Waals surface area (Å²) in [5, 5.41) is 1.07. The molecular weight excluding hydrogens is 226 g/mol. The molecule has 1 aromatic carbocycles. The first kappa shape index (κ1) is 12.4. The normalized spacial score (nSPS) is 10.6. The van der Waals surface area contributed by atoms with Crippen molar-refractivity contribution in [3.63, 3.8) is 0 Å². The van der Waals surface area contributed by atoms with E-state index in [0.717, 1.165) is 27.7 Å². The van der Waals surface area contributed by atoms with Gasteiger partial charge in [-0.3, -0.25) is 4.79 Å². The van der Waals surface area contributed by atoms with Crippen molar-refractivity contribution in [1.82, 2.24) is 4.98 Å². The number of H-pyrrole nitrogens is 1. The first-order valence-electron chi connectivity index (χ1n) is 6.05. The lowest BCUT2D eigenvalue weighted by Crippen LogP contribution is -2.07. The van der Waals surface area contributed by atoms with Crippen molar-refractivity contribution >= 4 is 22.9 Å². The highest BCUT2D eigenvalue weighted by Gasteiger charge is 2.14. The smallest absolute Gasteiger partial charge is 0.310 e. The number of rotatable bonds is 4. The maximum absolute atomic E-state index is 11.6. The number of benzene rings is 1. The van der Waals surface area contributed by atoms with Crippen molar-refractivity contribution in [3.8, 4) is 0 Å². The second-order valence-corrected chi connectivity index (χ2v) is 4.18. The van der Waals surface area contributed by atoms with E-state index in [1.165, 1.54) is 0 Å². The second-order valence-electron chi connectivity index (χ2n) is 4.18. The molecule has 2 aromatic rings. The van der Waals surface area contributed by atoms with Gasteiger partial charge in [0.25, 0.3) is 0 Å². The van der Waals surface area contributed by atoms with Crippen LogP contribution in [0.2, 0.25) is 0 Å². The van der Waals surface area contributed by atoms with Crippen molar-refractivity contribution in [2.45, 2.75) is 20.3 Å². The summed E-state index contributed by atoms with van der Waals surface area (Å²) < 4.78 is 5.00. The van der Waals surface area contributed by atoms with E-state index in [4.69, 9.17) is 4.74 Å². The van der Waals surface area contributed by atoms with Crippen molar-refractivity contribution in [2.24, 2.45) is 0 Å². The Balaban J connectivity index is 2.47. The molecule has 1 heterocycles. The molecule has 0 bridgehead atoms. The van der Waals surface area contributed by atoms with Crippen LogP contribution in [-0.4, -0.2) is 17.6 Å². The van der Waals surface area contributed by atoms with Gasteiger partial charge in [0.1, 0.15) is 0 Å². The Bertz CT molecular complexity index is 596. The van der Waals surface area contributed by atoms with Crippen LogP contribution in [0, 0.1) is 6.92 Å². The van der Waals surface area contributed by atoms with Crippen LogP contribution >= 0.6 is 0 Å². The number of esters is 1. The molecule has 3 nitrogen and oxygen atoms in total. The number of aromatic amines is 1. The fraction of sp³-hybridized carbons (Fsp3) is 0.267. The fourth-order valence-electron chi connectivity index (χ4n) is 2.18. The predicted molar refractivity (Wildman–Crippen MR) is 73.5 cm³/mol. The van der Waals surface area contributed by atoms with Gasteiger partial charge in [-0.1, -0.05) is 30.9 Å². The third-order valence-corrected chi connectivity index (χ3v) is 3.03. The number of aromatic nitrogens is 1.